The summed E-state index contributed by atoms with van der Waals surface area (Å²) in [5, 5.41) is 0. The van der Waals surface area contributed by atoms with Crippen molar-refractivity contribution in [1.29, 1.82) is 0 Å². The predicted molar refractivity (Wildman–Crippen MR) is 51.3 cm³/mol. The molecule has 0 amide bonds. The summed E-state index contributed by atoms with van der Waals surface area (Å²) >= 11 is 0. The molecule has 1 unspecified atom stereocenters. The average Bonchev–Trinajstić information content (AvgIpc) is 2.20. The highest BCUT2D eigenvalue weighted by Crippen LogP contribution is 2.10. The first-order chi connectivity index (χ1) is 6.63. The topological polar surface area (TPSA) is 26.3 Å². The molecule has 76 valence electrons. The van der Waals surface area contributed by atoms with E-state index in [0.717, 1.165) is 5.56 Å². The highest BCUT2D eigenvalue weighted by atomic mass is 19.1. The van der Waals surface area contributed by atoms with Gasteiger partial charge in [0.05, 0.1) is 13.0 Å². The van der Waals surface area contributed by atoms with Crippen LogP contribution in [0.5, 0.6) is 0 Å². The Morgan fingerprint density at radius 3 is 2.50 bits per heavy atom. The van der Waals surface area contributed by atoms with Gasteiger partial charge in [0.15, 0.2) is 0 Å². The van der Waals surface area contributed by atoms with Gasteiger partial charge >= 0.3 is 5.97 Å². The summed E-state index contributed by atoms with van der Waals surface area (Å²) in [4.78, 5) is 11.1. The molecule has 1 aromatic carbocycles. The highest BCUT2D eigenvalue weighted by Gasteiger charge is 2.13. The Labute approximate surface area is 82.7 Å². The van der Waals surface area contributed by atoms with Crippen LogP contribution in [0, 0.1) is 11.7 Å². The normalized spacial score (nSPS) is 12.2. The quantitative estimate of drug-likeness (QED) is 0.692. The second-order valence-electron chi connectivity index (χ2n) is 3.25. The molecule has 0 aliphatic rings. The van der Waals surface area contributed by atoms with Gasteiger partial charge in [-0.1, -0.05) is 19.1 Å². The average molecular weight is 196 g/mol. The molecule has 0 N–H and O–H groups in total. The monoisotopic (exact) mass is 196 g/mol. The summed E-state index contributed by atoms with van der Waals surface area (Å²) in [7, 11) is 1.36. The lowest BCUT2D eigenvalue weighted by molar-refractivity contribution is -0.144. The zero-order chi connectivity index (χ0) is 10.6. The molecule has 0 saturated heterocycles. The lowest BCUT2D eigenvalue weighted by Crippen LogP contribution is -2.14. The minimum atomic E-state index is -0.264. The molecule has 2 nitrogen and oxygen atoms in total. The van der Waals surface area contributed by atoms with Crippen molar-refractivity contribution >= 4 is 5.97 Å². The van der Waals surface area contributed by atoms with E-state index in [4.69, 9.17) is 0 Å². The van der Waals surface area contributed by atoms with E-state index in [1.807, 2.05) is 0 Å². The van der Waals surface area contributed by atoms with E-state index >= 15 is 0 Å². The van der Waals surface area contributed by atoms with Crippen molar-refractivity contribution in [3.63, 3.8) is 0 Å². The number of ether oxygens (including phenoxy) is 1. The molecular formula is C11H13FO2. The number of methoxy groups -OCH3 is 1. The lowest BCUT2D eigenvalue weighted by Gasteiger charge is -2.08. The number of rotatable bonds is 3. The highest BCUT2D eigenvalue weighted by molar-refractivity contribution is 5.72. The van der Waals surface area contributed by atoms with Gasteiger partial charge in [0.25, 0.3) is 0 Å². The van der Waals surface area contributed by atoms with Crippen LogP contribution in [0.1, 0.15) is 12.5 Å². The minimum Gasteiger partial charge on any atom is -0.469 e. The third kappa shape index (κ3) is 2.83. The van der Waals surface area contributed by atoms with Gasteiger partial charge in [-0.25, -0.2) is 4.39 Å². The first-order valence-corrected chi connectivity index (χ1v) is 4.45. The van der Waals surface area contributed by atoms with E-state index in [2.05, 4.69) is 4.74 Å². The number of halogens is 1. The van der Waals surface area contributed by atoms with Crippen LogP contribution in [0.3, 0.4) is 0 Å². The van der Waals surface area contributed by atoms with Crippen LogP contribution in [0.4, 0.5) is 4.39 Å². The Hall–Kier alpha value is -1.38. The SMILES string of the molecule is COC(=O)C(C)Cc1ccc(F)cc1. The third-order valence-corrected chi connectivity index (χ3v) is 2.06. The maximum absolute atomic E-state index is 12.6. The molecule has 0 radical (unpaired) electrons. The molecule has 0 heterocycles. The molecule has 0 fully saturated rings. The van der Waals surface area contributed by atoms with Crippen molar-refractivity contribution in [3.05, 3.63) is 35.6 Å². The van der Waals surface area contributed by atoms with Gasteiger partial charge in [-0.2, -0.15) is 0 Å². The maximum Gasteiger partial charge on any atom is 0.308 e. The minimum absolute atomic E-state index is 0.189. The molecule has 0 bridgehead atoms. The van der Waals surface area contributed by atoms with Crippen molar-refractivity contribution in [2.45, 2.75) is 13.3 Å². The van der Waals surface area contributed by atoms with Gasteiger partial charge < -0.3 is 4.74 Å². The van der Waals surface area contributed by atoms with Crippen molar-refractivity contribution in [2.75, 3.05) is 7.11 Å². The van der Waals surface area contributed by atoms with Crippen molar-refractivity contribution in [3.8, 4) is 0 Å². The van der Waals surface area contributed by atoms with Crippen LogP contribution in [0.15, 0.2) is 24.3 Å². The van der Waals surface area contributed by atoms with Gasteiger partial charge in [-0.05, 0) is 24.1 Å². The fourth-order valence-corrected chi connectivity index (χ4v) is 1.26. The number of hydrogen-bond donors (Lipinski definition) is 0. The van der Waals surface area contributed by atoms with Gasteiger partial charge in [0.1, 0.15) is 5.82 Å². The van der Waals surface area contributed by atoms with Crippen LogP contribution >= 0.6 is 0 Å². The molecular weight excluding hydrogens is 183 g/mol. The van der Waals surface area contributed by atoms with Crippen LogP contribution in [-0.4, -0.2) is 13.1 Å². The van der Waals surface area contributed by atoms with Crippen LogP contribution in [0.25, 0.3) is 0 Å². The summed E-state index contributed by atoms with van der Waals surface area (Å²) < 4.78 is 17.2. The van der Waals surface area contributed by atoms with E-state index in [0.29, 0.717) is 6.42 Å². The zero-order valence-corrected chi connectivity index (χ0v) is 8.29. The maximum atomic E-state index is 12.6. The van der Waals surface area contributed by atoms with Crippen LogP contribution in [0.2, 0.25) is 0 Å². The van der Waals surface area contributed by atoms with Gasteiger partial charge in [0.2, 0.25) is 0 Å². The molecule has 14 heavy (non-hydrogen) atoms. The molecule has 1 aromatic rings. The molecule has 0 saturated carbocycles. The van der Waals surface area contributed by atoms with E-state index in [9.17, 15) is 9.18 Å². The van der Waals surface area contributed by atoms with Gasteiger partial charge in [-0.15, -0.1) is 0 Å². The fraction of sp³-hybridized carbons (Fsp3) is 0.364. The smallest absolute Gasteiger partial charge is 0.308 e. The molecule has 0 aliphatic carbocycles. The zero-order valence-electron chi connectivity index (χ0n) is 8.29. The summed E-state index contributed by atoms with van der Waals surface area (Å²) in [5.74, 6) is -0.695. The van der Waals surface area contributed by atoms with Crippen LogP contribution in [-0.2, 0) is 16.0 Å². The summed E-state index contributed by atoms with van der Waals surface area (Å²) in [6.07, 6.45) is 0.576. The summed E-state index contributed by atoms with van der Waals surface area (Å²) in [5.41, 5.74) is 0.935. The molecule has 3 heteroatoms. The number of carbonyl (C=O) groups is 1. The molecule has 0 aliphatic heterocycles. The van der Waals surface area contributed by atoms with Crippen molar-refractivity contribution in [2.24, 2.45) is 5.92 Å². The Morgan fingerprint density at radius 1 is 1.43 bits per heavy atom. The molecule has 1 rings (SSSR count). The molecule has 0 spiro atoms. The van der Waals surface area contributed by atoms with Crippen molar-refractivity contribution in [1.82, 2.24) is 0 Å². The van der Waals surface area contributed by atoms with Gasteiger partial charge in [0, 0.05) is 0 Å². The second-order valence-corrected chi connectivity index (χ2v) is 3.25. The van der Waals surface area contributed by atoms with E-state index in [1.165, 1.54) is 19.2 Å². The number of esters is 1. The van der Waals surface area contributed by atoms with E-state index in [-0.39, 0.29) is 17.7 Å². The Morgan fingerprint density at radius 2 is 2.00 bits per heavy atom. The fourth-order valence-electron chi connectivity index (χ4n) is 1.26. The predicted octanol–water partition coefficient (Wildman–Crippen LogP) is 2.18. The second kappa shape index (κ2) is 4.74. The Balaban J connectivity index is 2.60. The summed E-state index contributed by atoms with van der Waals surface area (Å²) in [6, 6.07) is 6.13. The number of benzene rings is 1. The van der Waals surface area contributed by atoms with E-state index < -0.39 is 0 Å². The molecule has 1 atom stereocenters. The summed E-state index contributed by atoms with van der Waals surface area (Å²) in [6.45, 7) is 1.79. The van der Waals surface area contributed by atoms with E-state index in [1.54, 1.807) is 19.1 Å². The Kier molecular flexibility index (Phi) is 3.63. The number of hydrogen-bond acceptors (Lipinski definition) is 2. The van der Waals surface area contributed by atoms with Crippen LogP contribution < -0.4 is 0 Å². The Bertz CT molecular complexity index is 306. The molecule has 0 aromatic heterocycles. The largest absolute Gasteiger partial charge is 0.469 e. The number of carbonyl (C=O) groups excluding carboxylic acids is 1. The lowest BCUT2D eigenvalue weighted by atomic mass is 10.0. The third-order valence-electron chi connectivity index (χ3n) is 2.06. The first-order valence-electron chi connectivity index (χ1n) is 4.45. The standard InChI is InChI=1S/C11H13FO2/c1-8(11(13)14-2)7-9-3-5-10(12)6-4-9/h3-6,8H,7H2,1-2H3. The first kappa shape index (κ1) is 10.7. The van der Waals surface area contributed by atoms with Gasteiger partial charge in [-0.3, -0.25) is 4.79 Å². The van der Waals surface area contributed by atoms with Crippen molar-refractivity contribution < 1.29 is 13.9 Å².